The lowest BCUT2D eigenvalue weighted by molar-refractivity contribution is 0.0184. The molecule has 1 atom stereocenters. The summed E-state index contributed by atoms with van der Waals surface area (Å²) in [6, 6.07) is 1.79. The van der Waals surface area contributed by atoms with Gasteiger partial charge < -0.3 is 20.1 Å². The number of ether oxygens (including phenoxy) is 2. The zero-order valence-corrected chi connectivity index (χ0v) is 23.4. The summed E-state index contributed by atoms with van der Waals surface area (Å²) >= 11 is 12.3. The van der Waals surface area contributed by atoms with E-state index < -0.39 is 17.5 Å². The number of likely N-dealkylation sites (tertiary alicyclic amines) is 1. The van der Waals surface area contributed by atoms with Gasteiger partial charge in [-0.25, -0.2) is 18.9 Å². The number of nitrogens with zero attached hydrogens (tertiary/aromatic N) is 5. The Labute approximate surface area is 226 Å². The standard InChI is InChI=1S/C25H33Cl2FN6O3/c1-14(26)21(22(27)15(2)28)16(3)36-20-11-17(12-30-23(20)29)19-13-34(32-31-19)18-7-9-33(10-8-18)24(35)37-25(4,5)6/h11-13,16,18H,7-10H2,1-6H3,(H2,29,30). The lowest BCUT2D eigenvalue weighted by Gasteiger charge is -2.33. The highest BCUT2D eigenvalue weighted by Gasteiger charge is 2.28. The minimum atomic E-state index is -0.694. The summed E-state index contributed by atoms with van der Waals surface area (Å²) in [6.07, 6.45) is 3.86. The highest BCUT2D eigenvalue weighted by Crippen LogP contribution is 2.33. The molecule has 1 fully saturated rings. The topological polar surface area (TPSA) is 108 Å². The van der Waals surface area contributed by atoms with E-state index in [0.29, 0.717) is 35.0 Å². The first-order chi connectivity index (χ1) is 17.3. The molecule has 12 heteroatoms. The summed E-state index contributed by atoms with van der Waals surface area (Å²) in [6.45, 7) is 11.2. The number of hydrogen-bond donors (Lipinski definition) is 1. The second-order valence-corrected chi connectivity index (χ2v) is 10.9. The summed E-state index contributed by atoms with van der Waals surface area (Å²) in [5.41, 5.74) is 7.05. The smallest absolute Gasteiger partial charge is 0.410 e. The number of carbonyl (C=O) groups is 1. The van der Waals surface area contributed by atoms with E-state index in [2.05, 4.69) is 15.3 Å². The highest BCUT2D eigenvalue weighted by atomic mass is 35.5. The predicted molar refractivity (Wildman–Crippen MR) is 142 cm³/mol. The zero-order chi connectivity index (χ0) is 27.5. The van der Waals surface area contributed by atoms with Crippen LogP contribution in [0.15, 0.2) is 39.9 Å². The second-order valence-electron chi connectivity index (χ2n) is 9.94. The van der Waals surface area contributed by atoms with Crippen molar-refractivity contribution in [1.29, 1.82) is 0 Å². The third-order valence-corrected chi connectivity index (χ3v) is 6.47. The maximum absolute atomic E-state index is 13.8. The Balaban J connectivity index is 1.72. The van der Waals surface area contributed by atoms with Crippen LogP contribution >= 0.6 is 23.2 Å². The Morgan fingerprint density at radius 2 is 1.89 bits per heavy atom. The van der Waals surface area contributed by atoms with Gasteiger partial charge in [0.15, 0.2) is 11.6 Å². The molecule has 0 aliphatic carbocycles. The number of anilines is 1. The van der Waals surface area contributed by atoms with Crippen molar-refractivity contribution in [3.63, 3.8) is 0 Å². The number of allylic oxidation sites excluding steroid dienone is 2. The molecular weight excluding hydrogens is 522 g/mol. The van der Waals surface area contributed by atoms with Crippen molar-refractivity contribution in [2.24, 2.45) is 0 Å². The monoisotopic (exact) mass is 554 g/mol. The molecule has 1 amide bonds. The minimum absolute atomic E-state index is 0.0923. The fourth-order valence-corrected chi connectivity index (χ4v) is 4.55. The van der Waals surface area contributed by atoms with E-state index in [1.807, 2.05) is 27.0 Å². The molecule has 1 aliphatic rings. The summed E-state index contributed by atoms with van der Waals surface area (Å²) in [5, 5.41) is 8.78. The van der Waals surface area contributed by atoms with Crippen LogP contribution in [0.1, 0.15) is 60.4 Å². The first-order valence-corrected chi connectivity index (χ1v) is 12.7. The van der Waals surface area contributed by atoms with Crippen LogP contribution in [0.25, 0.3) is 11.3 Å². The third-order valence-electron chi connectivity index (χ3n) is 5.80. The molecule has 1 unspecified atom stereocenters. The molecule has 1 aliphatic heterocycles. The average molecular weight is 555 g/mol. The van der Waals surface area contributed by atoms with E-state index in [1.165, 1.54) is 6.92 Å². The average Bonchev–Trinajstić information content (AvgIpc) is 3.29. The van der Waals surface area contributed by atoms with E-state index in [-0.39, 0.29) is 28.7 Å². The third kappa shape index (κ3) is 7.35. The number of nitrogen functional groups attached to an aromatic ring is 1. The van der Waals surface area contributed by atoms with Gasteiger partial charge >= 0.3 is 6.09 Å². The lowest BCUT2D eigenvalue weighted by atomic mass is 10.1. The van der Waals surface area contributed by atoms with Crippen molar-refractivity contribution in [3.05, 3.63) is 39.9 Å². The van der Waals surface area contributed by atoms with E-state index in [0.717, 1.165) is 12.8 Å². The molecule has 0 bridgehead atoms. The Bertz CT molecular complexity index is 1190. The van der Waals surface area contributed by atoms with Gasteiger partial charge in [0.25, 0.3) is 0 Å². The van der Waals surface area contributed by atoms with Crippen LogP contribution < -0.4 is 10.5 Å². The molecular formula is C25H33Cl2FN6O3. The number of aromatic nitrogens is 4. The van der Waals surface area contributed by atoms with Crippen LogP contribution in [0.5, 0.6) is 5.75 Å². The lowest BCUT2D eigenvalue weighted by Crippen LogP contribution is -2.42. The number of piperidine rings is 1. The van der Waals surface area contributed by atoms with E-state index in [1.54, 1.807) is 35.7 Å². The van der Waals surface area contributed by atoms with Gasteiger partial charge in [-0.2, -0.15) is 0 Å². The molecule has 202 valence electrons. The molecule has 2 aromatic rings. The minimum Gasteiger partial charge on any atom is -0.482 e. The van der Waals surface area contributed by atoms with Crippen LogP contribution in [-0.4, -0.2) is 55.8 Å². The first kappa shape index (κ1) is 28.7. The maximum Gasteiger partial charge on any atom is 0.410 e. The van der Waals surface area contributed by atoms with E-state index in [9.17, 15) is 9.18 Å². The first-order valence-electron chi connectivity index (χ1n) is 12.0. The number of carbonyl (C=O) groups excluding carboxylic acids is 1. The van der Waals surface area contributed by atoms with Gasteiger partial charge in [0.2, 0.25) is 0 Å². The highest BCUT2D eigenvalue weighted by molar-refractivity contribution is 6.35. The van der Waals surface area contributed by atoms with Crippen molar-refractivity contribution in [3.8, 4) is 17.0 Å². The summed E-state index contributed by atoms with van der Waals surface area (Å²) in [7, 11) is 0. The summed E-state index contributed by atoms with van der Waals surface area (Å²) in [4.78, 5) is 18.3. The van der Waals surface area contributed by atoms with Gasteiger partial charge in [-0.1, -0.05) is 28.4 Å². The molecule has 37 heavy (non-hydrogen) atoms. The molecule has 2 aromatic heterocycles. The Morgan fingerprint density at radius 1 is 1.24 bits per heavy atom. The second kappa shape index (κ2) is 11.7. The van der Waals surface area contributed by atoms with Crippen LogP contribution in [0, 0.1) is 0 Å². The fourth-order valence-electron chi connectivity index (χ4n) is 3.96. The Morgan fingerprint density at radius 3 is 2.46 bits per heavy atom. The Kier molecular flexibility index (Phi) is 9.07. The van der Waals surface area contributed by atoms with Gasteiger partial charge in [0.1, 0.15) is 23.2 Å². The molecule has 9 nitrogen and oxygen atoms in total. The van der Waals surface area contributed by atoms with Crippen LogP contribution in [0.4, 0.5) is 15.0 Å². The van der Waals surface area contributed by atoms with Crippen molar-refractivity contribution in [2.45, 2.75) is 72.1 Å². The van der Waals surface area contributed by atoms with E-state index in [4.69, 9.17) is 38.4 Å². The number of amides is 1. The number of rotatable bonds is 6. The van der Waals surface area contributed by atoms with Crippen molar-refractivity contribution in [2.75, 3.05) is 18.8 Å². The molecule has 3 heterocycles. The number of pyridine rings is 1. The summed E-state index contributed by atoms with van der Waals surface area (Å²) < 4.78 is 27.0. The van der Waals surface area contributed by atoms with Crippen molar-refractivity contribution >= 4 is 35.1 Å². The van der Waals surface area contributed by atoms with Crippen LogP contribution in [0.2, 0.25) is 0 Å². The van der Waals surface area contributed by atoms with Crippen molar-refractivity contribution in [1.82, 2.24) is 24.9 Å². The number of hydrogen-bond acceptors (Lipinski definition) is 7. The predicted octanol–water partition coefficient (Wildman–Crippen LogP) is 6.21. The SMILES string of the molecule is CC(F)=C(Cl)C(=C(C)Cl)C(C)Oc1cc(-c2cn(C3CCN(C(=O)OC(C)(C)C)CC3)nn2)cnc1N. The quantitative estimate of drug-likeness (QED) is 0.422. The molecule has 1 saturated heterocycles. The fraction of sp³-hybridized carbons (Fsp3) is 0.520. The maximum atomic E-state index is 13.8. The number of halogens is 3. The normalized spacial score (nSPS) is 17.2. The molecule has 0 saturated carbocycles. The number of nitrogens with two attached hydrogens (primary N) is 1. The summed E-state index contributed by atoms with van der Waals surface area (Å²) in [5.74, 6) is -0.136. The molecule has 0 spiro atoms. The van der Waals surface area contributed by atoms with Crippen molar-refractivity contribution < 1.29 is 18.7 Å². The molecule has 0 radical (unpaired) electrons. The van der Waals surface area contributed by atoms with Crippen LogP contribution in [0.3, 0.4) is 0 Å². The van der Waals surface area contributed by atoms with Gasteiger partial charge in [0, 0.05) is 35.5 Å². The van der Waals surface area contributed by atoms with Gasteiger partial charge in [-0.05, 0) is 60.5 Å². The van der Waals surface area contributed by atoms with E-state index >= 15 is 0 Å². The largest absolute Gasteiger partial charge is 0.482 e. The van der Waals surface area contributed by atoms with Gasteiger partial charge in [-0.15, -0.1) is 5.10 Å². The molecule has 2 N–H and O–H groups in total. The molecule has 0 aromatic carbocycles. The Hall–Kier alpha value is -2.85. The van der Waals surface area contributed by atoms with Gasteiger partial charge in [-0.3, -0.25) is 0 Å². The van der Waals surface area contributed by atoms with Gasteiger partial charge in [0.05, 0.1) is 17.3 Å². The zero-order valence-electron chi connectivity index (χ0n) is 21.9. The molecule has 3 rings (SSSR count). The van der Waals surface area contributed by atoms with Crippen LogP contribution in [-0.2, 0) is 4.74 Å².